The van der Waals surface area contributed by atoms with E-state index in [-0.39, 0.29) is 5.82 Å². The number of anilines is 1. The second-order valence-electron chi connectivity index (χ2n) is 3.37. The molecule has 1 aliphatic heterocycles. The average molecular weight is 222 g/mol. The Bertz CT molecular complexity index is 394. The van der Waals surface area contributed by atoms with E-state index in [1.165, 1.54) is 12.1 Å². The second-order valence-corrected chi connectivity index (χ2v) is 4.60. The number of nitriles is 1. The van der Waals surface area contributed by atoms with Crippen LogP contribution in [0.5, 0.6) is 0 Å². The van der Waals surface area contributed by atoms with E-state index in [4.69, 9.17) is 5.26 Å². The van der Waals surface area contributed by atoms with E-state index in [1.807, 2.05) is 11.8 Å². The Morgan fingerprint density at radius 1 is 1.33 bits per heavy atom. The van der Waals surface area contributed by atoms with Crippen molar-refractivity contribution in [3.05, 3.63) is 29.6 Å². The van der Waals surface area contributed by atoms with Gasteiger partial charge in [0.2, 0.25) is 0 Å². The van der Waals surface area contributed by atoms with Crippen LogP contribution in [0.25, 0.3) is 0 Å². The first-order valence-electron chi connectivity index (χ1n) is 4.83. The van der Waals surface area contributed by atoms with Crippen LogP contribution in [0.2, 0.25) is 0 Å². The van der Waals surface area contributed by atoms with Gasteiger partial charge < -0.3 is 4.90 Å². The van der Waals surface area contributed by atoms with Crippen LogP contribution in [0.3, 0.4) is 0 Å². The van der Waals surface area contributed by atoms with Crippen molar-refractivity contribution in [2.75, 3.05) is 29.5 Å². The van der Waals surface area contributed by atoms with Gasteiger partial charge in [-0.15, -0.1) is 0 Å². The second kappa shape index (κ2) is 4.54. The van der Waals surface area contributed by atoms with Crippen LogP contribution in [-0.4, -0.2) is 24.6 Å². The molecule has 0 N–H and O–H groups in total. The van der Waals surface area contributed by atoms with Crippen molar-refractivity contribution in [1.82, 2.24) is 0 Å². The first-order valence-corrected chi connectivity index (χ1v) is 5.99. The number of rotatable bonds is 1. The van der Waals surface area contributed by atoms with Crippen LogP contribution in [0.4, 0.5) is 10.1 Å². The van der Waals surface area contributed by atoms with Crippen molar-refractivity contribution >= 4 is 17.4 Å². The topological polar surface area (TPSA) is 27.0 Å². The molecule has 0 amide bonds. The fourth-order valence-electron chi connectivity index (χ4n) is 1.67. The SMILES string of the molecule is N#Cc1ccc(F)cc1N1CCSCC1. The fraction of sp³-hybridized carbons (Fsp3) is 0.364. The quantitative estimate of drug-likeness (QED) is 0.729. The highest BCUT2D eigenvalue weighted by Gasteiger charge is 2.15. The molecular weight excluding hydrogens is 211 g/mol. The lowest BCUT2D eigenvalue weighted by atomic mass is 10.1. The maximum absolute atomic E-state index is 13.1. The minimum atomic E-state index is -0.276. The van der Waals surface area contributed by atoms with Gasteiger partial charge in [0.05, 0.1) is 11.3 Å². The van der Waals surface area contributed by atoms with Gasteiger partial charge in [0.1, 0.15) is 11.9 Å². The van der Waals surface area contributed by atoms with E-state index in [0.717, 1.165) is 30.3 Å². The Kier molecular flexibility index (Phi) is 3.12. The largest absolute Gasteiger partial charge is 0.369 e. The Balaban J connectivity index is 2.32. The minimum Gasteiger partial charge on any atom is -0.369 e. The molecule has 2 rings (SSSR count). The number of hydrogen-bond acceptors (Lipinski definition) is 3. The van der Waals surface area contributed by atoms with Gasteiger partial charge in [-0.25, -0.2) is 4.39 Å². The molecule has 0 bridgehead atoms. The zero-order chi connectivity index (χ0) is 10.7. The van der Waals surface area contributed by atoms with Crippen molar-refractivity contribution in [3.63, 3.8) is 0 Å². The molecule has 1 saturated heterocycles. The highest BCUT2D eigenvalue weighted by atomic mass is 32.2. The summed E-state index contributed by atoms with van der Waals surface area (Å²) in [6.45, 7) is 1.78. The predicted octanol–water partition coefficient (Wildman–Crippen LogP) is 2.25. The molecule has 1 aromatic carbocycles. The lowest BCUT2D eigenvalue weighted by Gasteiger charge is -2.29. The summed E-state index contributed by atoms with van der Waals surface area (Å²) in [6.07, 6.45) is 0. The summed E-state index contributed by atoms with van der Waals surface area (Å²) in [5.74, 6) is 1.81. The van der Waals surface area contributed by atoms with Gasteiger partial charge in [0, 0.05) is 24.6 Å². The van der Waals surface area contributed by atoms with Gasteiger partial charge in [-0.3, -0.25) is 0 Å². The number of halogens is 1. The Morgan fingerprint density at radius 2 is 2.07 bits per heavy atom. The van der Waals surface area contributed by atoms with Crippen molar-refractivity contribution in [1.29, 1.82) is 5.26 Å². The molecule has 0 atom stereocenters. The molecule has 0 unspecified atom stereocenters. The van der Waals surface area contributed by atoms with Gasteiger partial charge in [-0.1, -0.05) is 0 Å². The Hall–Kier alpha value is -1.21. The normalized spacial score (nSPS) is 16.1. The van der Waals surface area contributed by atoms with Crippen molar-refractivity contribution in [2.45, 2.75) is 0 Å². The highest BCUT2D eigenvalue weighted by molar-refractivity contribution is 7.99. The molecule has 1 aromatic rings. The Labute approximate surface area is 92.7 Å². The summed E-state index contributed by atoms with van der Waals surface area (Å²) < 4.78 is 13.1. The number of hydrogen-bond donors (Lipinski definition) is 0. The summed E-state index contributed by atoms with van der Waals surface area (Å²) in [4.78, 5) is 2.08. The van der Waals surface area contributed by atoms with Crippen LogP contribution in [0.15, 0.2) is 18.2 Å². The van der Waals surface area contributed by atoms with E-state index in [9.17, 15) is 4.39 Å². The van der Waals surface area contributed by atoms with Gasteiger partial charge in [-0.2, -0.15) is 17.0 Å². The maximum Gasteiger partial charge on any atom is 0.125 e. The van der Waals surface area contributed by atoms with Gasteiger partial charge in [-0.05, 0) is 18.2 Å². The monoisotopic (exact) mass is 222 g/mol. The summed E-state index contributed by atoms with van der Waals surface area (Å²) >= 11 is 1.89. The molecule has 0 saturated carbocycles. The smallest absolute Gasteiger partial charge is 0.125 e. The third kappa shape index (κ3) is 2.24. The molecule has 0 aromatic heterocycles. The number of thioether (sulfide) groups is 1. The molecule has 1 aliphatic rings. The first kappa shape index (κ1) is 10.3. The molecular formula is C11H11FN2S. The average Bonchev–Trinajstić information content (AvgIpc) is 2.30. The molecule has 0 spiro atoms. The van der Waals surface area contributed by atoms with E-state index in [1.54, 1.807) is 6.07 Å². The fourth-order valence-corrected chi connectivity index (χ4v) is 2.57. The minimum absolute atomic E-state index is 0.276. The molecule has 1 heterocycles. The van der Waals surface area contributed by atoms with E-state index < -0.39 is 0 Å². The van der Waals surface area contributed by atoms with Crippen molar-refractivity contribution < 1.29 is 4.39 Å². The van der Waals surface area contributed by atoms with Crippen LogP contribution < -0.4 is 4.90 Å². The van der Waals surface area contributed by atoms with E-state index in [2.05, 4.69) is 11.0 Å². The van der Waals surface area contributed by atoms with Crippen LogP contribution in [0.1, 0.15) is 5.56 Å². The maximum atomic E-state index is 13.1. The molecule has 1 fully saturated rings. The van der Waals surface area contributed by atoms with Crippen molar-refractivity contribution in [2.24, 2.45) is 0 Å². The van der Waals surface area contributed by atoms with Gasteiger partial charge in [0.25, 0.3) is 0 Å². The Morgan fingerprint density at radius 3 is 2.73 bits per heavy atom. The molecule has 0 aliphatic carbocycles. The van der Waals surface area contributed by atoms with E-state index in [0.29, 0.717) is 5.56 Å². The summed E-state index contributed by atoms with van der Waals surface area (Å²) in [7, 11) is 0. The molecule has 78 valence electrons. The van der Waals surface area contributed by atoms with Crippen LogP contribution in [-0.2, 0) is 0 Å². The predicted molar refractivity (Wildman–Crippen MR) is 60.7 cm³/mol. The van der Waals surface area contributed by atoms with Crippen LogP contribution in [0, 0.1) is 17.1 Å². The third-order valence-corrected chi connectivity index (χ3v) is 3.37. The number of benzene rings is 1. The lowest BCUT2D eigenvalue weighted by molar-refractivity contribution is 0.626. The number of nitrogens with zero attached hydrogens (tertiary/aromatic N) is 2. The summed E-state index contributed by atoms with van der Waals surface area (Å²) in [5, 5.41) is 8.94. The molecule has 0 radical (unpaired) electrons. The zero-order valence-electron chi connectivity index (χ0n) is 8.24. The molecule has 4 heteroatoms. The van der Waals surface area contributed by atoms with Gasteiger partial charge in [0.15, 0.2) is 0 Å². The van der Waals surface area contributed by atoms with Crippen molar-refractivity contribution in [3.8, 4) is 6.07 Å². The van der Waals surface area contributed by atoms with E-state index >= 15 is 0 Å². The standard InChI is InChI=1S/C11H11FN2S/c12-10-2-1-9(8-13)11(7-10)14-3-5-15-6-4-14/h1-2,7H,3-6H2. The van der Waals surface area contributed by atoms with Crippen LogP contribution >= 0.6 is 11.8 Å². The van der Waals surface area contributed by atoms with Gasteiger partial charge >= 0.3 is 0 Å². The zero-order valence-corrected chi connectivity index (χ0v) is 9.06. The molecule has 15 heavy (non-hydrogen) atoms. The lowest BCUT2D eigenvalue weighted by Crippen LogP contribution is -2.33. The summed E-state index contributed by atoms with van der Waals surface area (Å²) in [5.41, 5.74) is 1.29. The molecule has 2 nitrogen and oxygen atoms in total. The first-order chi connectivity index (χ1) is 7.31. The summed E-state index contributed by atoms with van der Waals surface area (Å²) in [6, 6.07) is 6.44. The highest BCUT2D eigenvalue weighted by Crippen LogP contribution is 2.24. The third-order valence-electron chi connectivity index (χ3n) is 2.43.